The van der Waals surface area contributed by atoms with Crippen molar-refractivity contribution in [1.82, 2.24) is 0 Å². The molecule has 2 aromatic carbocycles. The lowest BCUT2D eigenvalue weighted by atomic mass is 9.64. The minimum atomic E-state index is -1.06. The van der Waals surface area contributed by atoms with Gasteiger partial charge in [0.15, 0.2) is 5.78 Å². The van der Waals surface area contributed by atoms with Crippen LogP contribution in [0.4, 0.5) is 0 Å². The predicted octanol–water partition coefficient (Wildman–Crippen LogP) is 3.44. The van der Waals surface area contributed by atoms with Crippen LogP contribution in [0.15, 0.2) is 48.5 Å². The molecule has 3 rings (SSSR count). The van der Waals surface area contributed by atoms with Gasteiger partial charge in [-0.1, -0.05) is 55.5 Å². The van der Waals surface area contributed by atoms with Gasteiger partial charge in [-0.25, -0.2) is 4.79 Å². The van der Waals surface area contributed by atoms with E-state index in [1.165, 1.54) is 0 Å². The van der Waals surface area contributed by atoms with E-state index in [0.29, 0.717) is 5.56 Å². The van der Waals surface area contributed by atoms with E-state index >= 15 is 0 Å². The number of hydrogen-bond acceptors (Lipinski definition) is 4. The molecule has 0 saturated heterocycles. The largest absolute Gasteiger partial charge is 0.463 e. The Morgan fingerprint density at radius 1 is 0.960 bits per heavy atom. The highest BCUT2D eigenvalue weighted by atomic mass is 16.5. The number of Topliss-reactive ketones (excluding diaryl/α,β-unsaturated/α-hetero) is 2. The number of carbonyl (C=O) groups excluding carboxylic acids is 3. The molecule has 0 aliphatic heterocycles. The topological polar surface area (TPSA) is 60.4 Å². The van der Waals surface area contributed by atoms with Crippen molar-refractivity contribution in [3.05, 3.63) is 70.8 Å². The number of carbonyl (C=O) groups is 3. The molecule has 3 unspecified atom stereocenters. The third-order valence-corrected chi connectivity index (χ3v) is 5.11. The average molecular weight is 336 g/mol. The second-order valence-corrected chi connectivity index (χ2v) is 6.46. The Morgan fingerprint density at radius 2 is 1.56 bits per heavy atom. The third kappa shape index (κ3) is 2.78. The van der Waals surface area contributed by atoms with Crippen LogP contribution in [0.25, 0.3) is 0 Å². The lowest BCUT2D eigenvalue weighted by Gasteiger charge is -2.36. The summed E-state index contributed by atoms with van der Waals surface area (Å²) in [5.41, 5.74) is 3.34. The molecule has 0 N–H and O–H groups in total. The van der Waals surface area contributed by atoms with E-state index in [0.717, 1.165) is 23.8 Å². The summed E-state index contributed by atoms with van der Waals surface area (Å²) in [7, 11) is 1.16. The first kappa shape index (κ1) is 17.1. The Bertz CT molecular complexity index is 852. The van der Waals surface area contributed by atoms with Crippen molar-refractivity contribution in [1.29, 1.82) is 0 Å². The molecule has 0 aromatic heterocycles. The van der Waals surface area contributed by atoms with Crippen LogP contribution in [-0.2, 0) is 14.3 Å². The van der Waals surface area contributed by atoms with Gasteiger partial charge in [-0.05, 0) is 29.5 Å². The van der Waals surface area contributed by atoms with E-state index < -0.39 is 23.6 Å². The van der Waals surface area contributed by atoms with Crippen LogP contribution in [-0.4, -0.2) is 24.6 Å². The molecule has 2 aromatic rings. The SMILES string of the molecule is COC(=O)C(=O)C1C(=O)c2ccccc2C(C)C1c1ccccc1C. The molecular formula is C21H20O4. The summed E-state index contributed by atoms with van der Waals surface area (Å²) in [6.45, 7) is 3.95. The fourth-order valence-corrected chi connectivity index (χ4v) is 3.85. The van der Waals surface area contributed by atoms with Gasteiger partial charge in [0.25, 0.3) is 5.78 Å². The van der Waals surface area contributed by atoms with Gasteiger partial charge in [0.05, 0.1) is 7.11 Å². The molecule has 1 aliphatic rings. The highest BCUT2D eigenvalue weighted by Crippen LogP contribution is 2.46. The molecule has 3 atom stereocenters. The molecule has 0 radical (unpaired) electrons. The van der Waals surface area contributed by atoms with Crippen molar-refractivity contribution in [2.45, 2.75) is 25.7 Å². The van der Waals surface area contributed by atoms with Gasteiger partial charge in [0.2, 0.25) is 0 Å². The van der Waals surface area contributed by atoms with Gasteiger partial charge >= 0.3 is 5.97 Å². The molecular weight excluding hydrogens is 316 g/mol. The van der Waals surface area contributed by atoms with Gasteiger partial charge in [-0.2, -0.15) is 0 Å². The summed E-state index contributed by atoms with van der Waals surface area (Å²) in [6, 6.07) is 15.0. The maximum Gasteiger partial charge on any atom is 0.375 e. The number of esters is 1. The van der Waals surface area contributed by atoms with E-state index in [1.807, 2.05) is 50.2 Å². The summed E-state index contributed by atoms with van der Waals surface area (Å²) in [5.74, 6) is -3.58. The Morgan fingerprint density at radius 3 is 2.20 bits per heavy atom. The van der Waals surface area contributed by atoms with Crippen LogP contribution in [0, 0.1) is 12.8 Å². The number of hydrogen-bond donors (Lipinski definition) is 0. The van der Waals surface area contributed by atoms with Crippen molar-refractivity contribution < 1.29 is 19.1 Å². The Balaban J connectivity index is 2.21. The second-order valence-electron chi connectivity index (χ2n) is 6.46. The number of benzene rings is 2. The van der Waals surface area contributed by atoms with Crippen LogP contribution in [0.5, 0.6) is 0 Å². The molecule has 0 amide bonds. The maximum absolute atomic E-state index is 13.1. The minimum absolute atomic E-state index is 0.0754. The molecule has 0 heterocycles. The molecule has 0 bridgehead atoms. The van der Waals surface area contributed by atoms with Gasteiger partial charge in [0.1, 0.15) is 5.92 Å². The zero-order valence-corrected chi connectivity index (χ0v) is 14.5. The molecule has 25 heavy (non-hydrogen) atoms. The van der Waals surface area contributed by atoms with Crippen LogP contribution in [0.1, 0.15) is 45.8 Å². The minimum Gasteiger partial charge on any atom is -0.463 e. The van der Waals surface area contributed by atoms with Gasteiger partial charge < -0.3 is 4.74 Å². The standard InChI is InChI=1S/C21H20O4/c1-12-8-4-5-9-14(12)17-13(2)15-10-6-7-11-16(15)19(22)18(17)20(23)21(24)25-3/h4-11,13,17-18H,1-3H3. The number of aryl methyl sites for hydroxylation is 1. The van der Waals surface area contributed by atoms with Crippen LogP contribution < -0.4 is 0 Å². The highest BCUT2D eigenvalue weighted by molar-refractivity contribution is 6.40. The first-order valence-electron chi connectivity index (χ1n) is 8.28. The van der Waals surface area contributed by atoms with Crippen molar-refractivity contribution >= 4 is 17.5 Å². The number of ketones is 2. The third-order valence-electron chi connectivity index (χ3n) is 5.11. The van der Waals surface area contributed by atoms with Gasteiger partial charge in [-0.3, -0.25) is 9.59 Å². The Labute approximate surface area is 146 Å². The Hall–Kier alpha value is -2.75. The van der Waals surface area contributed by atoms with Crippen LogP contribution >= 0.6 is 0 Å². The van der Waals surface area contributed by atoms with E-state index in [4.69, 9.17) is 0 Å². The van der Waals surface area contributed by atoms with E-state index in [9.17, 15) is 14.4 Å². The highest BCUT2D eigenvalue weighted by Gasteiger charge is 2.47. The zero-order chi connectivity index (χ0) is 18.1. The maximum atomic E-state index is 13.1. The number of rotatable bonds is 3. The van der Waals surface area contributed by atoms with Crippen molar-refractivity contribution in [3.63, 3.8) is 0 Å². The second kappa shape index (κ2) is 6.63. The van der Waals surface area contributed by atoms with E-state index in [-0.39, 0.29) is 11.7 Å². The van der Waals surface area contributed by atoms with E-state index in [1.54, 1.807) is 12.1 Å². The van der Waals surface area contributed by atoms with E-state index in [2.05, 4.69) is 4.74 Å². The number of fused-ring (bicyclic) bond motifs is 1. The Kier molecular flexibility index (Phi) is 4.53. The van der Waals surface area contributed by atoms with Crippen molar-refractivity contribution in [2.24, 2.45) is 5.92 Å². The molecule has 0 spiro atoms. The molecule has 4 heteroatoms. The summed E-state index contributed by atoms with van der Waals surface area (Å²) in [6.07, 6.45) is 0. The number of ether oxygens (including phenoxy) is 1. The zero-order valence-electron chi connectivity index (χ0n) is 14.5. The normalized spacial score (nSPS) is 22.2. The lowest BCUT2D eigenvalue weighted by molar-refractivity contribution is -0.153. The molecule has 0 fully saturated rings. The average Bonchev–Trinajstić information content (AvgIpc) is 2.64. The lowest BCUT2D eigenvalue weighted by Crippen LogP contribution is -2.41. The molecule has 4 nitrogen and oxygen atoms in total. The quantitative estimate of drug-likeness (QED) is 0.489. The first-order chi connectivity index (χ1) is 12.0. The number of methoxy groups -OCH3 is 1. The summed E-state index contributed by atoms with van der Waals surface area (Å²) in [4.78, 5) is 37.7. The smallest absolute Gasteiger partial charge is 0.375 e. The van der Waals surface area contributed by atoms with Gasteiger partial charge in [0, 0.05) is 11.5 Å². The van der Waals surface area contributed by atoms with Crippen LogP contribution in [0.3, 0.4) is 0 Å². The fraction of sp³-hybridized carbons (Fsp3) is 0.286. The summed E-state index contributed by atoms with van der Waals surface area (Å²) >= 11 is 0. The fourth-order valence-electron chi connectivity index (χ4n) is 3.85. The van der Waals surface area contributed by atoms with Crippen molar-refractivity contribution in [3.8, 4) is 0 Å². The molecule has 1 aliphatic carbocycles. The monoisotopic (exact) mass is 336 g/mol. The first-order valence-corrected chi connectivity index (χ1v) is 8.28. The van der Waals surface area contributed by atoms with Crippen molar-refractivity contribution in [2.75, 3.05) is 7.11 Å². The van der Waals surface area contributed by atoms with Gasteiger partial charge in [-0.15, -0.1) is 0 Å². The summed E-state index contributed by atoms with van der Waals surface area (Å²) < 4.78 is 4.61. The summed E-state index contributed by atoms with van der Waals surface area (Å²) in [5, 5.41) is 0. The van der Waals surface area contributed by atoms with Crippen LogP contribution in [0.2, 0.25) is 0 Å². The molecule has 0 saturated carbocycles. The predicted molar refractivity (Wildman–Crippen MR) is 93.6 cm³/mol. The molecule has 128 valence electrons.